The number of ether oxygens (including phenoxy) is 1. The van der Waals surface area contributed by atoms with Crippen molar-refractivity contribution in [1.82, 2.24) is 9.47 Å². The summed E-state index contributed by atoms with van der Waals surface area (Å²) in [5.41, 5.74) is 0.562. The quantitative estimate of drug-likeness (QED) is 0.842. The summed E-state index contributed by atoms with van der Waals surface area (Å²) in [6.45, 7) is 1.16. The highest BCUT2D eigenvalue weighted by Crippen LogP contribution is 2.15. The maximum Gasteiger partial charge on any atom is 0.305 e. The lowest BCUT2D eigenvalue weighted by atomic mass is 10.1. The minimum atomic E-state index is -0.921. The third kappa shape index (κ3) is 2.53. The maximum absolute atomic E-state index is 12.3. The van der Waals surface area contributed by atoms with Crippen LogP contribution in [0, 0.1) is 0 Å². The van der Waals surface area contributed by atoms with Crippen LogP contribution in [0.25, 0.3) is 0 Å². The van der Waals surface area contributed by atoms with Crippen molar-refractivity contribution in [3.8, 4) is 0 Å². The topological polar surface area (TPSA) is 71.8 Å². The third-order valence-electron chi connectivity index (χ3n) is 3.06. The van der Waals surface area contributed by atoms with E-state index in [1.165, 1.54) is 0 Å². The average molecular weight is 252 g/mol. The summed E-state index contributed by atoms with van der Waals surface area (Å²) in [6.07, 6.45) is 1.70. The molecule has 98 valence electrons. The Balaban J connectivity index is 2.16. The van der Waals surface area contributed by atoms with Crippen molar-refractivity contribution in [2.45, 2.75) is 12.5 Å². The number of morpholine rings is 1. The SMILES string of the molecule is Cn1cccc1C(=O)N1CCOCC1CC(=O)O. The Bertz CT molecular complexity index is 455. The van der Waals surface area contributed by atoms with Crippen LogP contribution in [0.1, 0.15) is 16.9 Å². The summed E-state index contributed by atoms with van der Waals surface area (Å²) in [7, 11) is 1.79. The highest BCUT2D eigenvalue weighted by atomic mass is 16.5. The summed E-state index contributed by atoms with van der Waals surface area (Å²) < 4.78 is 6.98. The number of carboxylic acid groups (broad SMARTS) is 1. The Kier molecular flexibility index (Phi) is 3.66. The summed E-state index contributed by atoms with van der Waals surface area (Å²) in [4.78, 5) is 24.7. The number of carboxylic acids is 1. The minimum Gasteiger partial charge on any atom is -0.481 e. The third-order valence-corrected chi connectivity index (χ3v) is 3.06. The van der Waals surface area contributed by atoms with Gasteiger partial charge in [0.2, 0.25) is 0 Å². The second-order valence-corrected chi connectivity index (χ2v) is 4.33. The first-order valence-electron chi connectivity index (χ1n) is 5.81. The zero-order valence-corrected chi connectivity index (χ0v) is 10.2. The molecule has 2 heterocycles. The molecule has 0 spiro atoms. The monoisotopic (exact) mass is 252 g/mol. The first-order valence-corrected chi connectivity index (χ1v) is 5.81. The molecule has 1 aliphatic heterocycles. The second kappa shape index (κ2) is 5.22. The molecule has 1 N–H and O–H groups in total. The first-order chi connectivity index (χ1) is 8.59. The lowest BCUT2D eigenvalue weighted by Crippen LogP contribution is -2.49. The van der Waals surface area contributed by atoms with E-state index < -0.39 is 12.0 Å². The summed E-state index contributed by atoms with van der Waals surface area (Å²) in [5.74, 6) is -1.06. The van der Waals surface area contributed by atoms with Gasteiger partial charge < -0.3 is 19.3 Å². The van der Waals surface area contributed by atoms with Crippen LogP contribution in [-0.2, 0) is 16.6 Å². The molecule has 1 saturated heterocycles. The highest BCUT2D eigenvalue weighted by Gasteiger charge is 2.30. The summed E-state index contributed by atoms with van der Waals surface area (Å²) in [6, 6.07) is 3.13. The molecule has 18 heavy (non-hydrogen) atoms. The van der Waals surface area contributed by atoms with Gasteiger partial charge in [-0.1, -0.05) is 0 Å². The number of aliphatic carboxylic acids is 1. The van der Waals surface area contributed by atoms with Crippen molar-refractivity contribution in [3.05, 3.63) is 24.0 Å². The van der Waals surface area contributed by atoms with Gasteiger partial charge in [0.1, 0.15) is 5.69 Å². The van der Waals surface area contributed by atoms with Crippen LogP contribution in [0.5, 0.6) is 0 Å². The van der Waals surface area contributed by atoms with Crippen molar-refractivity contribution < 1.29 is 19.4 Å². The van der Waals surface area contributed by atoms with Crippen molar-refractivity contribution in [3.63, 3.8) is 0 Å². The molecule has 0 bridgehead atoms. The average Bonchev–Trinajstić information content (AvgIpc) is 2.74. The van der Waals surface area contributed by atoms with Gasteiger partial charge in [-0.2, -0.15) is 0 Å². The molecule has 0 aliphatic carbocycles. The fraction of sp³-hybridized carbons (Fsp3) is 0.500. The zero-order valence-electron chi connectivity index (χ0n) is 10.2. The molecule has 1 amide bonds. The molecule has 1 fully saturated rings. The van der Waals surface area contributed by atoms with Gasteiger partial charge in [0.15, 0.2) is 0 Å². The van der Waals surface area contributed by atoms with Crippen molar-refractivity contribution >= 4 is 11.9 Å². The molecule has 6 nitrogen and oxygen atoms in total. The highest BCUT2D eigenvalue weighted by molar-refractivity contribution is 5.93. The van der Waals surface area contributed by atoms with Crippen LogP contribution in [0.15, 0.2) is 18.3 Å². The van der Waals surface area contributed by atoms with Gasteiger partial charge in [0.25, 0.3) is 5.91 Å². The number of amides is 1. The van der Waals surface area contributed by atoms with E-state index in [4.69, 9.17) is 9.84 Å². The van der Waals surface area contributed by atoms with Gasteiger partial charge in [-0.3, -0.25) is 9.59 Å². The van der Waals surface area contributed by atoms with Gasteiger partial charge in [0, 0.05) is 19.8 Å². The fourth-order valence-corrected chi connectivity index (χ4v) is 2.12. The maximum atomic E-state index is 12.3. The Morgan fingerprint density at radius 2 is 2.33 bits per heavy atom. The predicted octanol–water partition coefficient (Wildman–Crippen LogP) is 0.341. The van der Waals surface area contributed by atoms with Gasteiger partial charge in [-0.25, -0.2) is 0 Å². The fourth-order valence-electron chi connectivity index (χ4n) is 2.12. The van der Waals surface area contributed by atoms with E-state index in [0.717, 1.165) is 0 Å². The lowest BCUT2D eigenvalue weighted by molar-refractivity contribution is -0.139. The van der Waals surface area contributed by atoms with E-state index in [-0.39, 0.29) is 18.9 Å². The zero-order chi connectivity index (χ0) is 13.1. The van der Waals surface area contributed by atoms with Crippen LogP contribution < -0.4 is 0 Å². The van der Waals surface area contributed by atoms with Crippen LogP contribution >= 0.6 is 0 Å². The molecule has 2 rings (SSSR count). The molecular formula is C12H16N2O4. The van der Waals surface area contributed by atoms with Crippen molar-refractivity contribution in [1.29, 1.82) is 0 Å². The first kappa shape index (κ1) is 12.6. The Hall–Kier alpha value is -1.82. The van der Waals surface area contributed by atoms with Gasteiger partial charge in [-0.15, -0.1) is 0 Å². The Morgan fingerprint density at radius 1 is 1.56 bits per heavy atom. The number of hydrogen-bond donors (Lipinski definition) is 1. The molecule has 1 aromatic rings. The Labute approximate surface area is 105 Å². The van der Waals surface area contributed by atoms with Gasteiger partial charge >= 0.3 is 5.97 Å². The molecule has 1 unspecified atom stereocenters. The number of carbonyl (C=O) groups is 2. The molecule has 0 radical (unpaired) electrons. The van der Waals surface area contributed by atoms with E-state index >= 15 is 0 Å². The standard InChI is InChI=1S/C12H16N2O4/c1-13-4-2-3-10(13)12(17)14-5-6-18-8-9(14)7-11(15)16/h2-4,9H,5-8H2,1H3,(H,15,16). The minimum absolute atomic E-state index is 0.0871. The smallest absolute Gasteiger partial charge is 0.305 e. The normalized spacial score (nSPS) is 19.8. The van der Waals surface area contributed by atoms with E-state index in [0.29, 0.717) is 18.8 Å². The van der Waals surface area contributed by atoms with Gasteiger partial charge in [0.05, 0.1) is 25.7 Å². The molecular weight excluding hydrogens is 236 g/mol. The molecule has 1 atom stereocenters. The molecule has 1 aromatic heterocycles. The van der Waals surface area contributed by atoms with E-state index in [2.05, 4.69) is 0 Å². The number of hydrogen-bond acceptors (Lipinski definition) is 3. The number of nitrogens with zero attached hydrogens (tertiary/aromatic N) is 2. The predicted molar refractivity (Wildman–Crippen MR) is 63.3 cm³/mol. The van der Waals surface area contributed by atoms with E-state index in [1.54, 1.807) is 34.8 Å². The van der Waals surface area contributed by atoms with Crippen LogP contribution in [0.2, 0.25) is 0 Å². The molecule has 0 saturated carbocycles. The van der Waals surface area contributed by atoms with Crippen LogP contribution in [0.3, 0.4) is 0 Å². The van der Waals surface area contributed by atoms with E-state index in [9.17, 15) is 9.59 Å². The summed E-state index contributed by atoms with van der Waals surface area (Å²) in [5, 5.41) is 8.85. The van der Waals surface area contributed by atoms with Crippen LogP contribution in [-0.4, -0.2) is 52.3 Å². The molecule has 6 heteroatoms. The van der Waals surface area contributed by atoms with Crippen molar-refractivity contribution in [2.24, 2.45) is 7.05 Å². The lowest BCUT2D eigenvalue weighted by Gasteiger charge is -2.34. The molecule has 0 aromatic carbocycles. The number of carbonyl (C=O) groups excluding carboxylic acids is 1. The number of aromatic nitrogens is 1. The van der Waals surface area contributed by atoms with Crippen molar-refractivity contribution in [2.75, 3.05) is 19.8 Å². The number of rotatable bonds is 3. The van der Waals surface area contributed by atoms with Gasteiger partial charge in [-0.05, 0) is 12.1 Å². The Morgan fingerprint density at radius 3 is 2.94 bits per heavy atom. The number of aryl methyl sites for hydroxylation is 1. The van der Waals surface area contributed by atoms with Crippen LogP contribution in [0.4, 0.5) is 0 Å². The summed E-state index contributed by atoms with van der Waals surface area (Å²) >= 11 is 0. The largest absolute Gasteiger partial charge is 0.481 e. The van der Waals surface area contributed by atoms with E-state index in [1.807, 2.05) is 0 Å². The molecule has 1 aliphatic rings. The second-order valence-electron chi connectivity index (χ2n) is 4.33.